The summed E-state index contributed by atoms with van der Waals surface area (Å²) < 4.78 is 5.71. The molecule has 0 aromatic heterocycles. The number of rotatable bonds is 4. The molecule has 1 saturated heterocycles. The fourth-order valence-corrected chi connectivity index (χ4v) is 2.13. The summed E-state index contributed by atoms with van der Waals surface area (Å²) in [5.41, 5.74) is 5.60. The van der Waals surface area contributed by atoms with Crippen molar-refractivity contribution in [1.82, 2.24) is 4.90 Å². The van der Waals surface area contributed by atoms with E-state index < -0.39 is 0 Å². The average Bonchev–Trinajstić information content (AvgIpc) is 2.27. The van der Waals surface area contributed by atoms with Crippen molar-refractivity contribution in [2.75, 3.05) is 19.7 Å². The summed E-state index contributed by atoms with van der Waals surface area (Å²) in [5.74, 6) is 0.320. The van der Waals surface area contributed by atoms with Gasteiger partial charge in [0.25, 0.3) is 0 Å². The Balaban J connectivity index is 2.43. The van der Waals surface area contributed by atoms with Crippen molar-refractivity contribution in [2.45, 2.75) is 51.7 Å². The van der Waals surface area contributed by atoms with E-state index in [1.54, 1.807) is 0 Å². The van der Waals surface area contributed by atoms with E-state index in [9.17, 15) is 0 Å². The zero-order valence-electron chi connectivity index (χ0n) is 11.1. The van der Waals surface area contributed by atoms with Gasteiger partial charge in [-0.05, 0) is 40.2 Å². The first-order chi connectivity index (χ1) is 7.94. The van der Waals surface area contributed by atoms with Crippen LogP contribution < -0.4 is 5.73 Å². The van der Waals surface area contributed by atoms with Crippen molar-refractivity contribution in [3.8, 4) is 0 Å². The molecule has 0 bridgehead atoms. The van der Waals surface area contributed by atoms with Crippen LogP contribution in [0.1, 0.15) is 40.0 Å². The maximum Gasteiger partial charge on any atom is 0.156 e. The second-order valence-electron chi connectivity index (χ2n) is 5.53. The molecule has 1 fully saturated rings. The average molecular weight is 243 g/mol. The molecule has 0 aliphatic carbocycles. The van der Waals surface area contributed by atoms with Crippen LogP contribution in [0.3, 0.4) is 0 Å². The third-order valence-corrected chi connectivity index (χ3v) is 2.98. The summed E-state index contributed by atoms with van der Waals surface area (Å²) in [6, 6.07) is 0.0670. The van der Waals surface area contributed by atoms with Crippen LogP contribution in [0.25, 0.3) is 0 Å². The number of ether oxygens (including phenoxy) is 1. The lowest BCUT2D eigenvalue weighted by Crippen LogP contribution is -2.49. The Bertz CT molecular complexity index is 261. The van der Waals surface area contributed by atoms with Gasteiger partial charge in [-0.2, -0.15) is 0 Å². The number of hydrogen-bond acceptors (Lipinski definition) is 4. The highest BCUT2D eigenvalue weighted by Crippen LogP contribution is 2.17. The predicted octanol–water partition coefficient (Wildman–Crippen LogP) is 1.40. The van der Waals surface area contributed by atoms with Crippen LogP contribution in [0.4, 0.5) is 0 Å². The summed E-state index contributed by atoms with van der Waals surface area (Å²) in [6.07, 6.45) is 3.27. The van der Waals surface area contributed by atoms with E-state index in [4.69, 9.17) is 15.7 Å². The Morgan fingerprint density at radius 3 is 2.76 bits per heavy atom. The molecule has 17 heavy (non-hydrogen) atoms. The van der Waals surface area contributed by atoms with E-state index in [0.29, 0.717) is 12.4 Å². The predicted molar refractivity (Wildman–Crippen MR) is 68.3 cm³/mol. The quantitative estimate of drug-likeness (QED) is 0.339. The van der Waals surface area contributed by atoms with Crippen LogP contribution in [0.2, 0.25) is 0 Å². The number of likely N-dealkylation sites (tertiary alicyclic amines) is 1. The van der Waals surface area contributed by atoms with Crippen LogP contribution in [0, 0.1) is 0 Å². The molecule has 0 amide bonds. The first kappa shape index (κ1) is 14.3. The minimum absolute atomic E-state index is 0.0670. The Morgan fingerprint density at radius 1 is 1.47 bits per heavy atom. The van der Waals surface area contributed by atoms with Crippen LogP contribution in [-0.2, 0) is 4.74 Å². The van der Waals surface area contributed by atoms with Gasteiger partial charge >= 0.3 is 0 Å². The molecule has 5 heteroatoms. The lowest BCUT2D eigenvalue weighted by atomic mass is 10.0. The van der Waals surface area contributed by atoms with Gasteiger partial charge < -0.3 is 15.7 Å². The van der Waals surface area contributed by atoms with Crippen molar-refractivity contribution in [2.24, 2.45) is 10.9 Å². The number of hydrogen-bond donors (Lipinski definition) is 2. The molecule has 1 heterocycles. The van der Waals surface area contributed by atoms with Crippen LogP contribution in [0.5, 0.6) is 0 Å². The van der Waals surface area contributed by atoms with E-state index in [1.807, 2.05) is 20.8 Å². The Morgan fingerprint density at radius 2 is 2.18 bits per heavy atom. The van der Waals surface area contributed by atoms with E-state index in [1.165, 1.54) is 6.42 Å². The molecule has 1 rings (SSSR count). The van der Waals surface area contributed by atoms with Crippen molar-refractivity contribution < 1.29 is 9.94 Å². The second-order valence-corrected chi connectivity index (χ2v) is 5.53. The molecule has 1 aliphatic heterocycles. The molecule has 100 valence electrons. The maximum absolute atomic E-state index is 8.76. The van der Waals surface area contributed by atoms with Gasteiger partial charge in [-0.15, -0.1) is 0 Å². The summed E-state index contributed by atoms with van der Waals surface area (Å²) in [5, 5.41) is 11.9. The first-order valence-electron chi connectivity index (χ1n) is 6.29. The largest absolute Gasteiger partial charge is 0.409 e. The van der Waals surface area contributed by atoms with Crippen LogP contribution >= 0.6 is 0 Å². The van der Waals surface area contributed by atoms with Gasteiger partial charge in [0.1, 0.15) is 0 Å². The number of amidine groups is 1. The van der Waals surface area contributed by atoms with Gasteiger partial charge in [-0.1, -0.05) is 11.6 Å². The summed E-state index contributed by atoms with van der Waals surface area (Å²) >= 11 is 0. The van der Waals surface area contributed by atoms with E-state index >= 15 is 0 Å². The summed E-state index contributed by atoms with van der Waals surface area (Å²) in [7, 11) is 0. The van der Waals surface area contributed by atoms with Gasteiger partial charge in [0, 0.05) is 6.54 Å². The van der Waals surface area contributed by atoms with Crippen molar-refractivity contribution >= 4 is 5.84 Å². The molecule has 0 radical (unpaired) electrons. The monoisotopic (exact) mass is 243 g/mol. The maximum atomic E-state index is 8.76. The van der Waals surface area contributed by atoms with E-state index in [2.05, 4.69) is 10.1 Å². The Labute approximate surface area is 104 Å². The molecule has 0 aromatic rings. The third-order valence-electron chi connectivity index (χ3n) is 2.98. The highest BCUT2D eigenvalue weighted by molar-refractivity contribution is 5.85. The molecule has 1 atom stereocenters. The first-order valence-corrected chi connectivity index (χ1v) is 6.29. The fourth-order valence-electron chi connectivity index (χ4n) is 2.13. The lowest BCUT2D eigenvalue weighted by Gasteiger charge is -2.35. The van der Waals surface area contributed by atoms with Crippen molar-refractivity contribution in [3.05, 3.63) is 0 Å². The molecule has 0 aromatic carbocycles. The van der Waals surface area contributed by atoms with Crippen LogP contribution in [0.15, 0.2) is 5.16 Å². The van der Waals surface area contributed by atoms with E-state index in [0.717, 1.165) is 25.9 Å². The number of nitrogens with two attached hydrogens (primary N) is 1. The van der Waals surface area contributed by atoms with Gasteiger partial charge in [0.05, 0.1) is 18.2 Å². The van der Waals surface area contributed by atoms with Crippen molar-refractivity contribution in [3.63, 3.8) is 0 Å². The third kappa shape index (κ3) is 4.91. The van der Waals surface area contributed by atoms with Gasteiger partial charge in [-0.3, -0.25) is 4.90 Å². The number of oxime groups is 1. The zero-order valence-corrected chi connectivity index (χ0v) is 11.1. The van der Waals surface area contributed by atoms with Gasteiger partial charge in [0.15, 0.2) is 5.84 Å². The molecule has 3 N–H and O–H groups in total. The lowest BCUT2D eigenvalue weighted by molar-refractivity contribution is -0.0174. The van der Waals surface area contributed by atoms with E-state index in [-0.39, 0.29) is 11.6 Å². The van der Waals surface area contributed by atoms with Gasteiger partial charge in [-0.25, -0.2) is 0 Å². The summed E-state index contributed by atoms with van der Waals surface area (Å²) in [6.45, 7) is 8.64. The second kappa shape index (κ2) is 6.21. The van der Waals surface area contributed by atoms with Crippen molar-refractivity contribution in [1.29, 1.82) is 0 Å². The number of nitrogens with zero attached hydrogens (tertiary/aromatic N) is 2. The molecule has 1 unspecified atom stereocenters. The molecule has 0 saturated carbocycles. The zero-order chi connectivity index (χ0) is 12.9. The minimum Gasteiger partial charge on any atom is -0.409 e. The molecule has 0 spiro atoms. The SMILES string of the molecule is CC(C)(C)OCCN1CCCCC1C(N)=NO. The fraction of sp³-hybridized carbons (Fsp3) is 0.917. The number of piperidine rings is 1. The molecule has 5 nitrogen and oxygen atoms in total. The highest BCUT2D eigenvalue weighted by atomic mass is 16.5. The van der Waals surface area contributed by atoms with Crippen LogP contribution in [-0.4, -0.2) is 47.3 Å². The topological polar surface area (TPSA) is 71.1 Å². The smallest absolute Gasteiger partial charge is 0.156 e. The van der Waals surface area contributed by atoms with Gasteiger partial charge in [0.2, 0.25) is 0 Å². The molecule has 1 aliphatic rings. The molecular weight excluding hydrogens is 218 g/mol. The minimum atomic E-state index is -0.109. The Hall–Kier alpha value is -0.810. The highest BCUT2D eigenvalue weighted by Gasteiger charge is 2.25. The Kier molecular flexibility index (Phi) is 5.21. The normalized spacial score (nSPS) is 23.9. The standard InChI is InChI=1S/C12H25N3O2/c1-12(2,3)17-9-8-15-7-5-4-6-10(15)11(13)14-16/h10,16H,4-9H2,1-3H3,(H2,13,14). The molecular formula is C12H25N3O2. The summed E-state index contributed by atoms with van der Waals surface area (Å²) in [4.78, 5) is 2.24.